The fraction of sp³-hybridized carbons (Fsp3) is 0.263. The molecule has 3 rings (SSSR count). The molecule has 0 fully saturated rings. The van der Waals surface area contributed by atoms with E-state index in [0.717, 1.165) is 12.1 Å². The average molecular weight is 327 g/mol. The van der Waals surface area contributed by atoms with Crippen LogP contribution in [0.15, 0.2) is 54.6 Å². The second kappa shape index (κ2) is 9.35. The third-order valence-corrected chi connectivity index (χ3v) is 3.51. The van der Waals surface area contributed by atoms with Crippen molar-refractivity contribution in [2.45, 2.75) is 25.9 Å². The summed E-state index contributed by atoms with van der Waals surface area (Å²) in [6.07, 6.45) is 0.923. The third-order valence-electron chi connectivity index (χ3n) is 3.51. The Kier molecular flexibility index (Phi) is 6.83. The van der Waals surface area contributed by atoms with Crippen molar-refractivity contribution in [2.75, 3.05) is 11.9 Å². The first-order valence-corrected chi connectivity index (χ1v) is 7.88. The first-order chi connectivity index (χ1) is 11.6. The molecular formula is C19H21NO4. The summed E-state index contributed by atoms with van der Waals surface area (Å²) in [6.45, 7) is 1.30. The predicted molar refractivity (Wildman–Crippen MR) is 91.7 cm³/mol. The lowest BCUT2D eigenvalue weighted by atomic mass is 10.2. The van der Waals surface area contributed by atoms with Crippen molar-refractivity contribution in [3.8, 4) is 0 Å². The Balaban J connectivity index is 0.000000194. The van der Waals surface area contributed by atoms with Crippen molar-refractivity contribution < 1.29 is 19.4 Å². The molecule has 2 N–H and O–H groups in total. The van der Waals surface area contributed by atoms with Gasteiger partial charge in [0.2, 0.25) is 0 Å². The van der Waals surface area contributed by atoms with E-state index in [1.54, 1.807) is 0 Å². The Morgan fingerprint density at radius 2 is 1.71 bits per heavy atom. The van der Waals surface area contributed by atoms with Crippen molar-refractivity contribution in [1.29, 1.82) is 0 Å². The molecule has 0 radical (unpaired) electrons. The van der Waals surface area contributed by atoms with Gasteiger partial charge in [0, 0.05) is 12.2 Å². The molecule has 0 spiro atoms. The second-order valence-electron chi connectivity index (χ2n) is 5.37. The minimum absolute atomic E-state index is 0.0812. The SMILES string of the molecule is O=C(O)CCC(=O)OCc1ccccc1.c1ccc2c(c1)CCN2. The highest BCUT2D eigenvalue weighted by Gasteiger charge is 2.06. The van der Waals surface area contributed by atoms with Crippen LogP contribution in [-0.2, 0) is 27.4 Å². The summed E-state index contributed by atoms with van der Waals surface area (Å²) in [7, 11) is 0. The lowest BCUT2D eigenvalue weighted by molar-refractivity contribution is -0.148. The Labute approximate surface area is 141 Å². The van der Waals surface area contributed by atoms with Gasteiger partial charge in [-0.1, -0.05) is 48.5 Å². The molecule has 0 saturated carbocycles. The Morgan fingerprint density at radius 3 is 2.42 bits per heavy atom. The summed E-state index contributed by atoms with van der Waals surface area (Å²) in [4.78, 5) is 21.2. The normalized spacial score (nSPS) is 11.5. The van der Waals surface area contributed by atoms with Crippen LogP contribution in [0.25, 0.3) is 0 Å². The third kappa shape index (κ3) is 6.12. The van der Waals surface area contributed by atoms with E-state index in [-0.39, 0.29) is 19.4 Å². The summed E-state index contributed by atoms with van der Waals surface area (Å²) >= 11 is 0. The van der Waals surface area contributed by atoms with Crippen LogP contribution in [0, 0.1) is 0 Å². The van der Waals surface area contributed by atoms with Gasteiger partial charge in [-0.05, 0) is 23.6 Å². The molecule has 0 saturated heterocycles. The predicted octanol–water partition coefficient (Wildman–Crippen LogP) is 3.25. The van der Waals surface area contributed by atoms with E-state index in [1.807, 2.05) is 30.3 Å². The van der Waals surface area contributed by atoms with E-state index in [4.69, 9.17) is 9.84 Å². The first-order valence-electron chi connectivity index (χ1n) is 7.88. The largest absolute Gasteiger partial charge is 0.481 e. The molecule has 2 aromatic carbocycles. The molecule has 0 aromatic heterocycles. The molecule has 0 unspecified atom stereocenters. The molecule has 0 amide bonds. The van der Waals surface area contributed by atoms with Crippen LogP contribution in [0.3, 0.4) is 0 Å². The van der Waals surface area contributed by atoms with Crippen LogP contribution in [0.4, 0.5) is 5.69 Å². The molecule has 24 heavy (non-hydrogen) atoms. The van der Waals surface area contributed by atoms with E-state index in [9.17, 15) is 9.59 Å². The monoisotopic (exact) mass is 327 g/mol. The fourth-order valence-corrected chi connectivity index (χ4v) is 2.26. The zero-order valence-corrected chi connectivity index (χ0v) is 13.4. The lowest BCUT2D eigenvalue weighted by Crippen LogP contribution is -2.07. The Hall–Kier alpha value is -2.82. The van der Waals surface area contributed by atoms with Gasteiger partial charge in [0.15, 0.2) is 0 Å². The number of carbonyl (C=O) groups is 2. The highest BCUT2D eigenvalue weighted by molar-refractivity contribution is 5.76. The molecule has 1 aliphatic heterocycles. The minimum Gasteiger partial charge on any atom is -0.481 e. The Bertz CT molecular complexity index is 647. The van der Waals surface area contributed by atoms with E-state index in [0.29, 0.717) is 0 Å². The summed E-state index contributed by atoms with van der Waals surface area (Å²) in [6, 6.07) is 17.7. The van der Waals surface area contributed by atoms with Gasteiger partial charge in [-0.3, -0.25) is 9.59 Å². The molecule has 5 heteroatoms. The molecule has 1 heterocycles. The number of esters is 1. The molecule has 5 nitrogen and oxygen atoms in total. The molecule has 0 bridgehead atoms. The zero-order chi connectivity index (χ0) is 17.2. The van der Waals surface area contributed by atoms with E-state index < -0.39 is 11.9 Å². The number of carbonyl (C=O) groups excluding carboxylic acids is 1. The van der Waals surface area contributed by atoms with Crippen molar-refractivity contribution in [1.82, 2.24) is 0 Å². The number of benzene rings is 2. The standard InChI is InChI=1S/C11H12O4.C8H9N/c12-10(13)6-7-11(14)15-8-9-4-2-1-3-5-9;1-2-4-8-7(3-1)5-6-9-8/h1-5H,6-8H2,(H,12,13);1-4,9H,5-6H2. The van der Waals surface area contributed by atoms with Gasteiger partial charge in [-0.25, -0.2) is 0 Å². The number of nitrogens with one attached hydrogen (secondary N) is 1. The van der Waals surface area contributed by atoms with Gasteiger partial charge in [-0.2, -0.15) is 0 Å². The topological polar surface area (TPSA) is 75.6 Å². The summed E-state index contributed by atoms with van der Waals surface area (Å²) in [5.74, 6) is -1.48. The number of para-hydroxylation sites is 1. The fourth-order valence-electron chi connectivity index (χ4n) is 2.26. The van der Waals surface area contributed by atoms with Gasteiger partial charge < -0.3 is 15.2 Å². The number of anilines is 1. The maximum Gasteiger partial charge on any atom is 0.306 e. The number of rotatable bonds is 5. The number of carboxylic acids is 1. The summed E-state index contributed by atoms with van der Waals surface area (Å²) in [5, 5.41) is 11.6. The van der Waals surface area contributed by atoms with Crippen molar-refractivity contribution in [2.24, 2.45) is 0 Å². The van der Waals surface area contributed by atoms with E-state index in [1.165, 1.54) is 17.7 Å². The van der Waals surface area contributed by atoms with Crippen LogP contribution in [0.5, 0.6) is 0 Å². The smallest absolute Gasteiger partial charge is 0.306 e. The van der Waals surface area contributed by atoms with Crippen molar-refractivity contribution in [3.63, 3.8) is 0 Å². The molecule has 1 aliphatic rings. The maximum absolute atomic E-state index is 11.0. The number of hydrogen-bond donors (Lipinski definition) is 2. The molecule has 0 atom stereocenters. The van der Waals surface area contributed by atoms with Crippen LogP contribution in [0.2, 0.25) is 0 Å². The lowest BCUT2D eigenvalue weighted by Gasteiger charge is -2.03. The van der Waals surface area contributed by atoms with Gasteiger partial charge >= 0.3 is 11.9 Å². The molecule has 2 aromatic rings. The van der Waals surface area contributed by atoms with Gasteiger partial charge in [0.05, 0.1) is 12.8 Å². The van der Waals surface area contributed by atoms with Crippen LogP contribution >= 0.6 is 0 Å². The second-order valence-corrected chi connectivity index (χ2v) is 5.37. The van der Waals surface area contributed by atoms with Gasteiger partial charge in [-0.15, -0.1) is 0 Å². The summed E-state index contributed by atoms with van der Waals surface area (Å²) in [5.41, 5.74) is 3.66. The van der Waals surface area contributed by atoms with Crippen LogP contribution in [-0.4, -0.2) is 23.6 Å². The highest BCUT2D eigenvalue weighted by atomic mass is 16.5. The molecular weight excluding hydrogens is 306 g/mol. The minimum atomic E-state index is -0.994. The first kappa shape index (κ1) is 17.5. The van der Waals surface area contributed by atoms with Crippen LogP contribution in [0.1, 0.15) is 24.0 Å². The number of aliphatic carboxylic acids is 1. The zero-order valence-electron chi connectivity index (χ0n) is 13.4. The van der Waals surface area contributed by atoms with Gasteiger partial charge in [0.1, 0.15) is 6.61 Å². The Morgan fingerprint density at radius 1 is 1.00 bits per heavy atom. The van der Waals surface area contributed by atoms with E-state index >= 15 is 0 Å². The molecule has 0 aliphatic carbocycles. The van der Waals surface area contributed by atoms with Crippen molar-refractivity contribution >= 4 is 17.6 Å². The molecule has 126 valence electrons. The number of fused-ring (bicyclic) bond motifs is 1. The van der Waals surface area contributed by atoms with Gasteiger partial charge in [0.25, 0.3) is 0 Å². The quantitative estimate of drug-likeness (QED) is 0.825. The highest BCUT2D eigenvalue weighted by Crippen LogP contribution is 2.19. The maximum atomic E-state index is 11.0. The number of ether oxygens (including phenoxy) is 1. The van der Waals surface area contributed by atoms with Crippen LogP contribution < -0.4 is 5.32 Å². The number of carboxylic acid groups (broad SMARTS) is 1. The average Bonchev–Trinajstić information content (AvgIpc) is 3.08. The van der Waals surface area contributed by atoms with Crippen molar-refractivity contribution in [3.05, 3.63) is 65.7 Å². The van der Waals surface area contributed by atoms with E-state index in [2.05, 4.69) is 29.6 Å². The number of hydrogen-bond acceptors (Lipinski definition) is 4. The summed E-state index contributed by atoms with van der Waals surface area (Å²) < 4.78 is 4.88.